The van der Waals surface area contributed by atoms with Crippen LogP contribution in [0.25, 0.3) is 12.2 Å². The lowest BCUT2D eigenvalue weighted by Gasteiger charge is -2.11. The molecule has 0 N–H and O–H groups in total. The van der Waals surface area contributed by atoms with Gasteiger partial charge in [-0.2, -0.15) is 0 Å². The third kappa shape index (κ3) is 5.34. The van der Waals surface area contributed by atoms with E-state index in [2.05, 4.69) is 4.90 Å². The number of rotatable bonds is 7. The standard InChI is InChI=1S/C19H22FNO/c1-21(2)13-6-14-22-19-12-11-17(15-18(19)20)10-9-16-7-4-3-5-8-16/h3-5,7-12,15H,6,13-14H2,1-2H3. The Morgan fingerprint density at radius 1 is 1.00 bits per heavy atom. The van der Waals surface area contributed by atoms with Crippen molar-refractivity contribution >= 4 is 12.2 Å². The van der Waals surface area contributed by atoms with Gasteiger partial charge in [-0.25, -0.2) is 4.39 Å². The molecular weight excluding hydrogens is 277 g/mol. The van der Waals surface area contributed by atoms with E-state index >= 15 is 0 Å². The second kappa shape index (κ2) is 8.35. The summed E-state index contributed by atoms with van der Waals surface area (Å²) < 4.78 is 19.5. The summed E-state index contributed by atoms with van der Waals surface area (Å²) in [5, 5.41) is 0. The van der Waals surface area contributed by atoms with Gasteiger partial charge in [0.2, 0.25) is 0 Å². The van der Waals surface area contributed by atoms with Crippen molar-refractivity contribution in [3.8, 4) is 5.75 Å². The van der Waals surface area contributed by atoms with Crippen molar-refractivity contribution in [2.75, 3.05) is 27.2 Å². The number of nitrogens with zero attached hydrogens (tertiary/aromatic N) is 1. The number of hydrogen-bond acceptors (Lipinski definition) is 2. The van der Waals surface area contributed by atoms with Gasteiger partial charge >= 0.3 is 0 Å². The molecule has 0 aliphatic heterocycles. The molecule has 0 aromatic heterocycles. The molecule has 2 nitrogen and oxygen atoms in total. The van der Waals surface area contributed by atoms with Gasteiger partial charge < -0.3 is 9.64 Å². The summed E-state index contributed by atoms with van der Waals surface area (Å²) >= 11 is 0. The first-order valence-electron chi connectivity index (χ1n) is 7.45. The van der Waals surface area contributed by atoms with E-state index in [1.807, 2.05) is 62.6 Å². The zero-order valence-corrected chi connectivity index (χ0v) is 13.1. The third-order valence-electron chi connectivity index (χ3n) is 3.23. The monoisotopic (exact) mass is 299 g/mol. The number of benzene rings is 2. The summed E-state index contributed by atoms with van der Waals surface area (Å²) in [4.78, 5) is 2.08. The van der Waals surface area contributed by atoms with Crippen LogP contribution in [-0.2, 0) is 0 Å². The minimum absolute atomic E-state index is 0.315. The van der Waals surface area contributed by atoms with Gasteiger partial charge in [0, 0.05) is 6.54 Å². The quantitative estimate of drug-likeness (QED) is 0.557. The largest absolute Gasteiger partial charge is 0.490 e. The fourth-order valence-corrected chi connectivity index (χ4v) is 2.06. The average Bonchev–Trinajstić information content (AvgIpc) is 2.52. The van der Waals surface area contributed by atoms with Crippen LogP contribution in [0, 0.1) is 5.82 Å². The molecule has 2 aromatic carbocycles. The van der Waals surface area contributed by atoms with Crippen LogP contribution >= 0.6 is 0 Å². The Kier molecular flexibility index (Phi) is 6.16. The highest BCUT2D eigenvalue weighted by Gasteiger charge is 2.03. The predicted octanol–water partition coefficient (Wildman–Crippen LogP) is 4.33. The topological polar surface area (TPSA) is 12.5 Å². The van der Waals surface area contributed by atoms with Crippen molar-refractivity contribution in [2.24, 2.45) is 0 Å². The fourth-order valence-electron chi connectivity index (χ4n) is 2.06. The number of halogens is 1. The van der Waals surface area contributed by atoms with Gasteiger partial charge in [0.25, 0.3) is 0 Å². The van der Waals surface area contributed by atoms with Crippen LogP contribution in [-0.4, -0.2) is 32.1 Å². The zero-order valence-electron chi connectivity index (χ0n) is 13.1. The Balaban J connectivity index is 1.93. The van der Waals surface area contributed by atoms with Crippen molar-refractivity contribution in [1.29, 1.82) is 0 Å². The van der Waals surface area contributed by atoms with Gasteiger partial charge in [0.1, 0.15) is 0 Å². The van der Waals surface area contributed by atoms with Crippen molar-refractivity contribution in [2.45, 2.75) is 6.42 Å². The third-order valence-corrected chi connectivity index (χ3v) is 3.23. The van der Waals surface area contributed by atoms with Gasteiger partial charge in [-0.3, -0.25) is 0 Å². The van der Waals surface area contributed by atoms with Crippen LogP contribution in [0.15, 0.2) is 48.5 Å². The first-order valence-corrected chi connectivity index (χ1v) is 7.45. The molecule has 0 saturated carbocycles. The molecule has 22 heavy (non-hydrogen) atoms. The maximum atomic E-state index is 14.0. The molecule has 116 valence electrons. The van der Waals surface area contributed by atoms with E-state index in [-0.39, 0.29) is 5.82 Å². The molecule has 0 fully saturated rings. The van der Waals surface area contributed by atoms with Crippen molar-refractivity contribution in [3.63, 3.8) is 0 Å². The normalized spacial score (nSPS) is 11.3. The molecule has 0 spiro atoms. The second-order valence-electron chi connectivity index (χ2n) is 5.44. The molecule has 2 rings (SSSR count). The molecule has 3 heteroatoms. The lowest BCUT2D eigenvalue weighted by Crippen LogP contribution is -2.15. The Morgan fingerprint density at radius 2 is 1.73 bits per heavy atom. The molecule has 0 heterocycles. The van der Waals surface area contributed by atoms with Crippen LogP contribution in [0.3, 0.4) is 0 Å². The van der Waals surface area contributed by atoms with Crippen molar-refractivity contribution in [1.82, 2.24) is 4.90 Å². The van der Waals surface area contributed by atoms with Crippen molar-refractivity contribution < 1.29 is 9.13 Å². The molecule has 0 aliphatic carbocycles. The summed E-state index contributed by atoms with van der Waals surface area (Å²) in [6, 6.07) is 15.0. The van der Waals surface area contributed by atoms with Gasteiger partial charge in [-0.05, 0) is 43.8 Å². The lowest BCUT2D eigenvalue weighted by molar-refractivity contribution is 0.271. The van der Waals surface area contributed by atoms with E-state index in [0.717, 1.165) is 24.1 Å². The summed E-state index contributed by atoms with van der Waals surface area (Å²) in [7, 11) is 4.02. The SMILES string of the molecule is CN(C)CCCOc1ccc(C=Cc2ccccc2)cc1F. The highest BCUT2D eigenvalue weighted by molar-refractivity contribution is 5.69. The van der Waals surface area contributed by atoms with E-state index in [1.165, 1.54) is 6.07 Å². The fraction of sp³-hybridized carbons (Fsp3) is 0.263. The van der Waals surface area contributed by atoms with Gasteiger partial charge in [0.15, 0.2) is 11.6 Å². The Morgan fingerprint density at radius 3 is 2.41 bits per heavy atom. The average molecular weight is 299 g/mol. The van der Waals surface area contributed by atoms with Crippen LogP contribution in [0.1, 0.15) is 17.5 Å². The van der Waals surface area contributed by atoms with Crippen LogP contribution in [0.4, 0.5) is 4.39 Å². The molecule has 0 bridgehead atoms. The predicted molar refractivity (Wildman–Crippen MR) is 90.4 cm³/mol. The summed E-state index contributed by atoms with van der Waals surface area (Å²) in [5.74, 6) is -0.00400. The smallest absolute Gasteiger partial charge is 0.165 e. The molecule has 0 amide bonds. The maximum absolute atomic E-state index is 14.0. The zero-order chi connectivity index (χ0) is 15.8. The van der Waals surface area contributed by atoms with E-state index in [1.54, 1.807) is 6.07 Å². The minimum atomic E-state index is -0.319. The first kappa shape index (κ1) is 16.2. The maximum Gasteiger partial charge on any atom is 0.165 e. The summed E-state index contributed by atoms with van der Waals surface area (Å²) in [5.41, 5.74) is 1.91. The van der Waals surface area contributed by atoms with Crippen molar-refractivity contribution in [3.05, 3.63) is 65.5 Å². The van der Waals surface area contributed by atoms with Crippen LogP contribution in [0.2, 0.25) is 0 Å². The highest BCUT2D eigenvalue weighted by atomic mass is 19.1. The highest BCUT2D eigenvalue weighted by Crippen LogP contribution is 2.20. The van der Waals surface area contributed by atoms with Crippen LogP contribution in [0.5, 0.6) is 5.75 Å². The Hall–Kier alpha value is -2.13. The van der Waals surface area contributed by atoms with E-state index in [4.69, 9.17) is 4.74 Å². The molecule has 0 aliphatic rings. The Bertz CT molecular complexity index is 608. The van der Waals surface area contributed by atoms with E-state index in [0.29, 0.717) is 12.4 Å². The number of ether oxygens (including phenoxy) is 1. The molecular formula is C19H22FNO. The molecule has 0 unspecified atom stereocenters. The summed E-state index contributed by atoms with van der Waals surface area (Å²) in [6.45, 7) is 1.45. The molecule has 0 atom stereocenters. The minimum Gasteiger partial charge on any atom is -0.490 e. The van der Waals surface area contributed by atoms with Gasteiger partial charge in [-0.1, -0.05) is 48.6 Å². The molecule has 0 radical (unpaired) electrons. The van der Waals surface area contributed by atoms with E-state index < -0.39 is 0 Å². The van der Waals surface area contributed by atoms with E-state index in [9.17, 15) is 4.39 Å². The second-order valence-corrected chi connectivity index (χ2v) is 5.44. The van der Waals surface area contributed by atoms with Crippen LogP contribution < -0.4 is 4.74 Å². The number of hydrogen-bond donors (Lipinski definition) is 0. The lowest BCUT2D eigenvalue weighted by atomic mass is 10.1. The first-order chi connectivity index (χ1) is 10.6. The Labute approximate surface area is 131 Å². The molecule has 2 aromatic rings. The molecule has 0 saturated heterocycles. The summed E-state index contributed by atoms with van der Waals surface area (Å²) in [6.07, 6.45) is 4.74. The van der Waals surface area contributed by atoms with Gasteiger partial charge in [-0.15, -0.1) is 0 Å². The van der Waals surface area contributed by atoms with Gasteiger partial charge in [0.05, 0.1) is 6.61 Å².